The van der Waals surface area contributed by atoms with E-state index in [9.17, 15) is 22.0 Å². The first-order valence-electron chi connectivity index (χ1n) is 2.94. The molecule has 0 bridgehead atoms. The van der Waals surface area contributed by atoms with Gasteiger partial charge in [-0.2, -0.15) is 13.2 Å². The Kier molecular flexibility index (Phi) is 3.63. The minimum Gasteiger partial charge on any atom is -0.307 e. The highest BCUT2D eigenvalue weighted by Gasteiger charge is 2.56. The van der Waals surface area contributed by atoms with Gasteiger partial charge in [-0.15, -0.1) is 6.58 Å². The van der Waals surface area contributed by atoms with Crippen molar-refractivity contribution in [3.63, 3.8) is 0 Å². The highest BCUT2D eigenvalue weighted by atomic mass is 19.4. The van der Waals surface area contributed by atoms with E-state index in [1.807, 2.05) is 0 Å². The number of alkyl halides is 5. The first kappa shape index (κ1) is 11.4. The van der Waals surface area contributed by atoms with E-state index >= 15 is 0 Å². The summed E-state index contributed by atoms with van der Waals surface area (Å²) in [4.78, 5) is 0. The predicted molar refractivity (Wildman–Crippen MR) is 31.8 cm³/mol. The summed E-state index contributed by atoms with van der Waals surface area (Å²) in [5.74, 6) is -3.95. The maximum Gasteiger partial charge on any atom is 0.448 e. The fraction of sp³-hybridized carbons (Fsp3) is 0.667. The Morgan fingerprint density at radius 2 is 1.75 bits per heavy atom. The number of hydrogen-bond donors (Lipinski definition) is 0. The van der Waals surface area contributed by atoms with Gasteiger partial charge in [0.25, 0.3) is 0 Å². The van der Waals surface area contributed by atoms with Crippen LogP contribution in [0.2, 0.25) is 0 Å². The average Bonchev–Trinajstić information content (AvgIpc) is 1.86. The van der Waals surface area contributed by atoms with Gasteiger partial charge in [-0.05, 0) is 0 Å². The van der Waals surface area contributed by atoms with E-state index in [-0.39, 0.29) is 0 Å². The molecule has 72 valence electrons. The van der Waals surface area contributed by atoms with Crippen molar-refractivity contribution in [1.82, 2.24) is 0 Å². The third-order valence-electron chi connectivity index (χ3n) is 1.11. The second-order valence-corrected chi connectivity index (χ2v) is 1.97. The third kappa shape index (κ3) is 2.44. The van der Waals surface area contributed by atoms with Crippen molar-refractivity contribution in [1.29, 1.82) is 0 Å². The molecule has 0 aliphatic heterocycles. The van der Waals surface area contributed by atoms with Crippen molar-refractivity contribution < 1.29 is 26.7 Å². The minimum atomic E-state index is -5.24. The summed E-state index contributed by atoms with van der Waals surface area (Å²) in [6.45, 7) is 1.07. The average molecular weight is 190 g/mol. The highest BCUT2D eigenvalue weighted by molar-refractivity contribution is 4.85. The van der Waals surface area contributed by atoms with Crippen LogP contribution in [-0.2, 0) is 4.74 Å². The number of halogens is 5. The second-order valence-electron chi connectivity index (χ2n) is 1.97. The van der Waals surface area contributed by atoms with Crippen LogP contribution >= 0.6 is 0 Å². The normalized spacial score (nSPS) is 17.1. The molecule has 1 unspecified atom stereocenters. The summed E-state index contributed by atoms with van der Waals surface area (Å²) in [6, 6.07) is 0. The first-order chi connectivity index (χ1) is 5.37. The van der Waals surface area contributed by atoms with Gasteiger partial charge in [0.15, 0.2) is 6.86 Å². The van der Waals surface area contributed by atoms with Gasteiger partial charge in [0.05, 0.1) is 0 Å². The smallest absolute Gasteiger partial charge is 0.307 e. The lowest BCUT2D eigenvalue weighted by molar-refractivity contribution is -0.339. The van der Waals surface area contributed by atoms with Crippen molar-refractivity contribution in [2.75, 3.05) is 6.86 Å². The first-order valence-corrected chi connectivity index (χ1v) is 2.94. The quantitative estimate of drug-likeness (QED) is 0.489. The molecule has 0 rings (SSSR count). The van der Waals surface area contributed by atoms with Crippen molar-refractivity contribution in [2.45, 2.75) is 18.5 Å². The topological polar surface area (TPSA) is 9.23 Å². The molecule has 0 aliphatic carbocycles. The molecular formula is C6H7F5O. The number of ether oxygens (including phenoxy) is 1. The van der Waals surface area contributed by atoms with Gasteiger partial charge < -0.3 is 4.74 Å². The Morgan fingerprint density at radius 3 is 2.00 bits per heavy atom. The molecule has 0 aromatic rings. The molecule has 0 fully saturated rings. The van der Waals surface area contributed by atoms with Crippen LogP contribution in [0.4, 0.5) is 22.0 Å². The van der Waals surface area contributed by atoms with Crippen LogP contribution in [0.3, 0.4) is 0 Å². The van der Waals surface area contributed by atoms with E-state index in [1.165, 1.54) is 0 Å². The lowest BCUT2D eigenvalue weighted by Gasteiger charge is -2.24. The van der Waals surface area contributed by atoms with Gasteiger partial charge in [-0.3, -0.25) is 0 Å². The summed E-state index contributed by atoms with van der Waals surface area (Å²) in [6.07, 6.45) is -5.70. The van der Waals surface area contributed by atoms with Crippen LogP contribution in [0.15, 0.2) is 12.7 Å². The molecule has 1 atom stereocenters. The van der Waals surface area contributed by atoms with Gasteiger partial charge in [0.2, 0.25) is 0 Å². The van der Waals surface area contributed by atoms with Crippen LogP contribution < -0.4 is 0 Å². The Balaban J connectivity index is 4.48. The van der Waals surface area contributed by atoms with E-state index in [0.717, 1.165) is 0 Å². The highest BCUT2D eigenvalue weighted by Crippen LogP contribution is 2.37. The lowest BCUT2D eigenvalue weighted by atomic mass is 10.2. The zero-order valence-corrected chi connectivity index (χ0v) is 6.00. The molecule has 0 saturated carbocycles. The summed E-state index contributed by atoms with van der Waals surface area (Å²) in [5, 5.41) is 0. The SMILES string of the molecule is C=CCC(F)(OCF)C(F)(F)F. The molecule has 0 spiro atoms. The second kappa shape index (κ2) is 3.84. The van der Waals surface area contributed by atoms with Crippen LogP contribution in [0.5, 0.6) is 0 Å². The van der Waals surface area contributed by atoms with E-state index in [2.05, 4.69) is 11.3 Å². The Morgan fingerprint density at radius 1 is 1.25 bits per heavy atom. The van der Waals surface area contributed by atoms with E-state index < -0.39 is 25.3 Å². The number of rotatable bonds is 4. The molecule has 0 amide bonds. The molecule has 0 heterocycles. The Hall–Kier alpha value is -0.650. The molecule has 0 radical (unpaired) electrons. The largest absolute Gasteiger partial charge is 0.448 e. The van der Waals surface area contributed by atoms with E-state index in [1.54, 1.807) is 0 Å². The summed E-state index contributed by atoms with van der Waals surface area (Å²) in [5.41, 5.74) is 0. The molecule has 0 aromatic carbocycles. The van der Waals surface area contributed by atoms with Crippen LogP contribution in [0, 0.1) is 0 Å². The molecule has 0 aromatic heterocycles. The predicted octanol–water partition coefficient (Wildman–Crippen LogP) is 2.73. The fourth-order valence-corrected chi connectivity index (χ4v) is 0.529. The molecule has 1 nitrogen and oxygen atoms in total. The minimum absolute atomic E-state index is 0.670. The van der Waals surface area contributed by atoms with Crippen molar-refractivity contribution in [3.05, 3.63) is 12.7 Å². The summed E-state index contributed by atoms with van der Waals surface area (Å²) >= 11 is 0. The van der Waals surface area contributed by atoms with Crippen LogP contribution in [0.1, 0.15) is 6.42 Å². The standard InChI is InChI=1S/C6H7F5O/c1-2-3-5(8,12-4-7)6(9,10)11/h2H,1,3-4H2. The molecule has 0 aliphatic rings. The molecule has 0 N–H and O–H groups in total. The maximum absolute atomic E-state index is 12.6. The molecule has 12 heavy (non-hydrogen) atoms. The zero-order chi connectivity index (χ0) is 9.83. The van der Waals surface area contributed by atoms with E-state index in [4.69, 9.17) is 0 Å². The fourth-order valence-electron chi connectivity index (χ4n) is 0.529. The van der Waals surface area contributed by atoms with Crippen molar-refractivity contribution in [2.24, 2.45) is 0 Å². The summed E-state index contributed by atoms with van der Waals surface area (Å²) in [7, 11) is 0. The number of hydrogen-bond acceptors (Lipinski definition) is 1. The van der Waals surface area contributed by atoms with Crippen molar-refractivity contribution >= 4 is 0 Å². The van der Waals surface area contributed by atoms with Gasteiger partial charge in [-0.25, -0.2) is 8.78 Å². The maximum atomic E-state index is 12.6. The monoisotopic (exact) mass is 190 g/mol. The van der Waals surface area contributed by atoms with Crippen molar-refractivity contribution in [3.8, 4) is 0 Å². The lowest BCUT2D eigenvalue weighted by Crippen LogP contribution is -2.42. The van der Waals surface area contributed by atoms with E-state index in [0.29, 0.717) is 6.08 Å². The molecule has 0 saturated heterocycles. The Bertz CT molecular complexity index is 155. The van der Waals surface area contributed by atoms with Crippen LogP contribution in [-0.4, -0.2) is 18.9 Å². The van der Waals surface area contributed by atoms with Gasteiger partial charge in [0, 0.05) is 6.42 Å². The third-order valence-corrected chi connectivity index (χ3v) is 1.11. The Labute approximate surface area is 65.8 Å². The molecular weight excluding hydrogens is 183 g/mol. The summed E-state index contributed by atoms with van der Waals surface area (Å²) < 4.78 is 62.6. The van der Waals surface area contributed by atoms with Gasteiger partial charge in [-0.1, -0.05) is 6.08 Å². The molecule has 6 heteroatoms. The van der Waals surface area contributed by atoms with Crippen LogP contribution in [0.25, 0.3) is 0 Å². The van der Waals surface area contributed by atoms with Gasteiger partial charge in [0.1, 0.15) is 0 Å². The zero-order valence-electron chi connectivity index (χ0n) is 6.00. The van der Waals surface area contributed by atoms with Gasteiger partial charge >= 0.3 is 12.0 Å².